The van der Waals surface area contributed by atoms with Gasteiger partial charge in [-0.1, -0.05) is 26.0 Å². The van der Waals surface area contributed by atoms with Crippen LogP contribution in [0.2, 0.25) is 0 Å². The lowest BCUT2D eigenvalue weighted by molar-refractivity contribution is 0.121. The van der Waals surface area contributed by atoms with Crippen LogP contribution in [0.3, 0.4) is 0 Å². The van der Waals surface area contributed by atoms with Gasteiger partial charge in [0.1, 0.15) is 0 Å². The van der Waals surface area contributed by atoms with E-state index in [0.717, 1.165) is 43.1 Å². The van der Waals surface area contributed by atoms with E-state index in [-0.39, 0.29) is 12.6 Å². The highest BCUT2D eigenvalue weighted by Crippen LogP contribution is 2.29. The lowest BCUT2D eigenvalue weighted by Crippen LogP contribution is -2.42. The maximum Gasteiger partial charge on any atom is 0.319 e. The minimum Gasteiger partial charge on any atom is -0.396 e. The molecular weight excluding hydrogens is 322 g/mol. The van der Waals surface area contributed by atoms with Crippen molar-refractivity contribution >= 4 is 23.5 Å². The van der Waals surface area contributed by atoms with Crippen molar-refractivity contribution in [2.24, 2.45) is 5.92 Å². The van der Waals surface area contributed by atoms with Gasteiger partial charge in [-0.2, -0.15) is 0 Å². The highest BCUT2D eigenvalue weighted by molar-refractivity contribution is 8.00. The molecule has 0 aromatic heterocycles. The number of nitrogens with zero attached hydrogens (tertiary/aromatic N) is 1. The Balaban J connectivity index is 1.75. The lowest BCUT2D eigenvalue weighted by Gasteiger charge is -2.31. The van der Waals surface area contributed by atoms with Crippen LogP contribution in [0.25, 0.3) is 0 Å². The third kappa shape index (κ3) is 6.34. The fraction of sp³-hybridized carbons (Fsp3) is 0.611. The van der Waals surface area contributed by atoms with Crippen molar-refractivity contribution in [1.82, 2.24) is 10.2 Å². The fourth-order valence-electron chi connectivity index (χ4n) is 2.92. The van der Waals surface area contributed by atoms with E-state index in [2.05, 4.69) is 29.4 Å². The Kier molecular flexibility index (Phi) is 7.88. The van der Waals surface area contributed by atoms with E-state index in [1.807, 2.05) is 24.3 Å². The van der Waals surface area contributed by atoms with Crippen LogP contribution in [0.1, 0.15) is 26.7 Å². The van der Waals surface area contributed by atoms with Gasteiger partial charge in [0.25, 0.3) is 0 Å². The van der Waals surface area contributed by atoms with Gasteiger partial charge in [-0.25, -0.2) is 4.79 Å². The smallest absolute Gasteiger partial charge is 0.319 e. The number of para-hydroxylation sites is 1. The van der Waals surface area contributed by atoms with Gasteiger partial charge in [-0.05, 0) is 37.4 Å². The SMILES string of the molecule is CC(C)Sc1ccccc1NC(=O)NCCN1CCC[C@H](CO)C1. The first-order valence-corrected chi connectivity index (χ1v) is 9.60. The van der Waals surface area contributed by atoms with Crippen LogP contribution in [0.4, 0.5) is 10.5 Å². The molecule has 3 N–H and O–H groups in total. The molecule has 6 heteroatoms. The summed E-state index contributed by atoms with van der Waals surface area (Å²) >= 11 is 1.74. The molecule has 1 saturated heterocycles. The van der Waals surface area contributed by atoms with Crippen molar-refractivity contribution in [3.63, 3.8) is 0 Å². The molecule has 0 bridgehead atoms. The van der Waals surface area contributed by atoms with Gasteiger partial charge in [-0.3, -0.25) is 0 Å². The zero-order chi connectivity index (χ0) is 17.4. The molecule has 0 aliphatic carbocycles. The number of likely N-dealkylation sites (tertiary alicyclic amines) is 1. The number of thioether (sulfide) groups is 1. The van der Waals surface area contributed by atoms with Gasteiger partial charge in [0.2, 0.25) is 0 Å². The molecule has 0 saturated carbocycles. The Morgan fingerprint density at radius 2 is 2.21 bits per heavy atom. The third-order valence-electron chi connectivity index (χ3n) is 4.07. The monoisotopic (exact) mass is 351 g/mol. The van der Waals surface area contributed by atoms with Crippen LogP contribution in [0.15, 0.2) is 29.2 Å². The number of anilines is 1. The van der Waals surface area contributed by atoms with Crippen molar-refractivity contribution in [2.75, 3.05) is 38.1 Å². The number of carbonyl (C=O) groups is 1. The first-order chi connectivity index (χ1) is 11.6. The van der Waals surface area contributed by atoms with Crippen LogP contribution >= 0.6 is 11.8 Å². The Morgan fingerprint density at radius 1 is 1.42 bits per heavy atom. The van der Waals surface area contributed by atoms with Gasteiger partial charge in [0, 0.05) is 36.4 Å². The number of amides is 2. The number of rotatable bonds is 7. The Hall–Kier alpha value is -1.24. The predicted octanol–water partition coefficient (Wildman–Crippen LogP) is 3.01. The van der Waals surface area contributed by atoms with Gasteiger partial charge in [0.05, 0.1) is 5.69 Å². The van der Waals surface area contributed by atoms with Crippen molar-refractivity contribution in [3.8, 4) is 0 Å². The Bertz CT molecular complexity index is 525. The maximum absolute atomic E-state index is 12.1. The summed E-state index contributed by atoms with van der Waals surface area (Å²) in [6.07, 6.45) is 2.22. The summed E-state index contributed by atoms with van der Waals surface area (Å²) in [5.41, 5.74) is 0.854. The van der Waals surface area contributed by atoms with Gasteiger partial charge >= 0.3 is 6.03 Å². The second-order valence-corrected chi connectivity index (χ2v) is 8.15. The van der Waals surface area contributed by atoms with Crippen LogP contribution in [-0.2, 0) is 0 Å². The van der Waals surface area contributed by atoms with Crippen molar-refractivity contribution in [2.45, 2.75) is 36.8 Å². The van der Waals surface area contributed by atoms with Crippen LogP contribution in [0.5, 0.6) is 0 Å². The maximum atomic E-state index is 12.1. The first-order valence-electron chi connectivity index (χ1n) is 8.72. The Morgan fingerprint density at radius 3 is 2.96 bits per heavy atom. The number of aliphatic hydroxyl groups excluding tert-OH is 1. The summed E-state index contributed by atoms with van der Waals surface area (Å²) in [5, 5.41) is 15.6. The summed E-state index contributed by atoms with van der Waals surface area (Å²) in [4.78, 5) is 15.5. The van der Waals surface area contributed by atoms with E-state index < -0.39 is 0 Å². The normalized spacial score (nSPS) is 18.6. The van der Waals surface area contributed by atoms with Gasteiger partial charge in [-0.15, -0.1) is 11.8 Å². The standard InChI is InChI=1S/C18H29N3O2S/c1-14(2)24-17-8-4-3-7-16(17)20-18(23)19-9-11-21-10-5-6-15(12-21)13-22/h3-4,7-8,14-15,22H,5-6,9-13H2,1-2H3,(H2,19,20,23)/t15-/m0/s1. The number of urea groups is 1. The molecular formula is C18H29N3O2S. The number of carbonyl (C=O) groups excluding carboxylic acids is 1. The molecule has 24 heavy (non-hydrogen) atoms. The summed E-state index contributed by atoms with van der Waals surface area (Å²) in [6.45, 7) is 7.95. The predicted molar refractivity (Wildman–Crippen MR) is 101 cm³/mol. The van der Waals surface area contributed by atoms with E-state index in [1.54, 1.807) is 11.8 Å². The molecule has 1 aromatic carbocycles. The molecule has 0 unspecified atom stereocenters. The first kappa shape index (κ1) is 19.1. The molecule has 1 aliphatic heterocycles. The van der Waals surface area contributed by atoms with Gasteiger partial charge in [0.15, 0.2) is 0 Å². The summed E-state index contributed by atoms with van der Waals surface area (Å²) in [6, 6.07) is 7.72. The third-order valence-corrected chi connectivity index (χ3v) is 5.15. The number of nitrogens with one attached hydrogen (secondary N) is 2. The average molecular weight is 352 g/mol. The molecule has 1 heterocycles. The molecule has 0 spiro atoms. The van der Waals surface area contributed by atoms with Crippen LogP contribution in [0, 0.1) is 5.92 Å². The molecule has 134 valence electrons. The Labute approximate surface area is 149 Å². The number of hydrogen-bond donors (Lipinski definition) is 3. The van der Waals surface area contributed by atoms with Crippen molar-refractivity contribution < 1.29 is 9.90 Å². The summed E-state index contributed by atoms with van der Waals surface area (Å²) in [7, 11) is 0. The topological polar surface area (TPSA) is 64.6 Å². The van der Waals surface area contributed by atoms with E-state index in [0.29, 0.717) is 17.7 Å². The number of benzene rings is 1. The van der Waals surface area contributed by atoms with Gasteiger partial charge < -0.3 is 20.6 Å². The molecule has 1 aromatic rings. The average Bonchev–Trinajstić information content (AvgIpc) is 2.56. The van der Waals surface area contributed by atoms with E-state index in [4.69, 9.17) is 0 Å². The van der Waals surface area contributed by atoms with Crippen LogP contribution in [-0.4, -0.2) is 54.1 Å². The van der Waals surface area contributed by atoms with E-state index in [9.17, 15) is 9.90 Å². The summed E-state index contributed by atoms with van der Waals surface area (Å²) in [5.74, 6) is 0.382. The van der Waals surface area contributed by atoms with E-state index >= 15 is 0 Å². The summed E-state index contributed by atoms with van der Waals surface area (Å²) < 4.78 is 0. The van der Waals surface area contributed by atoms with Crippen LogP contribution < -0.4 is 10.6 Å². The minimum absolute atomic E-state index is 0.164. The quantitative estimate of drug-likeness (QED) is 0.661. The molecule has 1 fully saturated rings. The highest BCUT2D eigenvalue weighted by Gasteiger charge is 2.18. The minimum atomic E-state index is -0.164. The second kappa shape index (κ2) is 9.91. The molecule has 1 aliphatic rings. The molecule has 2 rings (SSSR count). The molecule has 0 radical (unpaired) electrons. The number of hydrogen-bond acceptors (Lipinski definition) is 4. The molecule has 1 atom stereocenters. The zero-order valence-electron chi connectivity index (χ0n) is 14.6. The molecule has 5 nitrogen and oxygen atoms in total. The lowest BCUT2D eigenvalue weighted by atomic mass is 9.99. The largest absolute Gasteiger partial charge is 0.396 e. The van der Waals surface area contributed by atoms with Crippen molar-refractivity contribution in [1.29, 1.82) is 0 Å². The second-order valence-electron chi connectivity index (χ2n) is 6.54. The van der Waals surface area contributed by atoms with E-state index in [1.165, 1.54) is 0 Å². The van der Waals surface area contributed by atoms with Crippen molar-refractivity contribution in [3.05, 3.63) is 24.3 Å². The number of aliphatic hydroxyl groups is 1. The highest BCUT2D eigenvalue weighted by atomic mass is 32.2. The fourth-order valence-corrected chi connectivity index (χ4v) is 3.84. The molecule has 2 amide bonds. The zero-order valence-corrected chi connectivity index (χ0v) is 15.4. The number of piperidine rings is 1.